The van der Waals surface area contributed by atoms with Gasteiger partial charge in [-0.15, -0.1) is 0 Å². The van der Waals surface area contributed by atoms with E-state index in [-0.39, 0.29) is 5.91 Å². The first-order chi connectivity index (χ1) is 14.2. The first-order valence-electron chi connectivity index (χ1n) is 10.2. The number of nitrogens with two attached hydrogens (primary N) is 1. The zero-order valence-electron chi connectivity index (χ0n) is 16.5. The number of aromatic nitrogens is 2. The van der Waals surface area contributed by atoms with Gasteiger partial charge in [-0.2, -0.15) is 0 Å². The van der Waals surface area contributed by atoms with Crippen LogP contribution in [0, 0.1) is 5.92 Å². The van der Waals surface area contributed by atoms with Gasteiger partial charge in [-0.25, -0.2) is 9.97 Å². The number of hydrogen-bond acceptors (Lipinski definition) is 4. The number of benzene rings is 2. The summed E-state index contributed by atoms with van der Waals surface area (Å²) in [4.78, 5) is 22.0. The molecule has 1 aromatic heterocycles. The zero-order valence-corrected chi connectivity index (χ0v) is 16.5. The highest BCUT2D eigenvalue weighted by atomic mass is 16.1. The lowest BCUT2D eigenvalue weighted by Crippen LogP contribution is -2.18. The molecule has 0 saturated heterocycles. The Morgan fingerprint density at radius 2 is 1.76 bits per heavy atom. The van der Waals surface area contributed by atoms with Crippen molar-refractivity contribution >= 4 is 17.4 Å². The summed E-state index contributed by atoms with van der Waals surface area (Å²) >= 11 is 0. The van der Waals surface area contributed by atoms with Crippen molar-refractivity contribution in [3.63, 3.8) is 0 Å². The molecule has 29 heavy (non-hydrogen) atoms. The summed E-state index contributed by atoms with van der Waals surface area (Å²) in [6.07, 6.45) is 7.86. The van der Waals surface area contributed by atoms with E-state index in [2.05, 4.69) is 10.3 Å². The van der Waals surface area contributed by atoms with Crippen molar-refractivity contribution < 1.29 is 4.79 Å². The maximum atomic E-state index is 12.6. The normalized spacial score (nSPS) is 14.1. The molecule has 0 unspecified atom stereocenters. The van der Waals surface area contributed by atoms with E-state index >= 15 is 0 Å². The molecule has 0 aliphatic heterocycles. The lowest BCUT2D eigenvalue weighted by molar-refractivity contribution is -0.115. The Morgan fingerprint density at radius 1 is 1.03 bits per heavy atom. The predicted octanol–water partition coefficient (Wildman–Crippen LogP) is 4.64. The van der Waals surface area contributed by atoms with E-state index in [1.54, 1.807) is 6.20 Å². The van der Waals surface area contributed by atoms with E-state index < -0.39 is 0 Å². The fraction of sp³-hybridized carbons (Fsp3) is 0.292. The number of hydrogen-bond donors (Lipinski definition) is 2. The van der Waals surface area contributed by atoms with Crippen molar-refractivity contribution in [3.05, 3.63) is 72.1 Å². The fourth-order valence-corrected chi connectivity index (χ4v) is 3.91. The summed E-state index contributed by atoms with van der Waals surface area (Å²) in [6.45, 7) is 0. The standard InChI is InChI=1S/C24H26N4O/c25-20-12-10-19(11-13-20)22-16-26-24(21(27-22)14-17-8-4-5-9-17)28-23(29)15-18-6-2-1-3-7-18/h1-3,6-7,10-13,16-17H,4-5,8-9,14-15,25H2,(H,26,28,29). The molecular weight excluding hydrogens is 360 g/mol. The summed E-state index contributed by atoms with van der Waals surface area (Å²) in [6, 6.07) is 17.4. The molecule has 0 bridgehead atoms. The third kappa shape index (κ3) is 4.99. The fourth-order valence-electron chi connectivity index (χ4n) is 3.91. The molecular formula is C24H26N4O. The number of rotatable bonds is 6. The first-order valence-corrected chi connectivity index (χ1v) is 10.2. The van der Waals surface area contributed by atoms with Gasteiger partial charge in [0, 0.05) is 11.3 Å². The summed E-state index contributed by atoms with van der Waals surface area (Å²) < 4.78 is 0. The molecule has 1 fully saturated rings. The van der Waals surface area contributed by atoms with E-state index in [1.807, 2.05) is 54.6 Å². The van der Waals surface area contributed by atoms with E-state index in [0.717, 1.165) is 34.6 Å². The van der Waals surface area contributed by atoms with Crippen LogP contribution in [0.4, 0.5) is 11.5 Å². The van der Waals surface area contributed by atoms with Gasteiger partial charge in [0.25, 0.3) is 0 Å². The highest BCUT2D eigenvalue weighted by molar-refractivity contribution is 5.92. The molecule has 1 aliphatic carbocycles. The molecule has 1 saturated carbocycles. The summed E-state index contributed by atoms with van der Waals surface area (Å²) in [5.74, 6) is 1.12. The Balaban J connectivity index is 1.57. The second-order valence-electron chi connectivity index (χ2n) is 7.74. The highest BCUT2D eigenvalue weighted by Crippen LogP contribution is 2.30. The van der Waals surface area contributed by atoms with Gasteiger partial charge in [0.1, 0.15) is 0 Å². The molecule has 0 atom stereocenters. The van der Waals surface area contributed by atoms with Gasteiger partial charge in [-0.1, -0.05) is 68.1 Å². The second kappa shape index (κ2) is 8.86. The van der Waals surface area contributed by atoms with Gasteiger partial charge < -0.3 is 11.1 Å². The Bertz CT molecular complexity index is 964. The number of amides is 1. The van der Waals surface area contributed by atoms with Crippen LogP contribution in [-0.2, 0) is 17.6 Å². The van der Waals surface area contributed by atoms with Crippen molar-refractivity contribution in [2.24, 2.45) is 5.92 Å². The van der Waals surface area contributed by atoms with Crippen molar-refractivity contribution in [3.8, 4) is 11.3 Å². The van der Waals surface area contributed by atoms with Crippen LogP contribution < -0.4 is 11.1 Å². The summed E-state index contributed by atoms with van der Waals surface area (Å²) in [5, 5.41) is 2.99. The van der Waals surface area contributed by atoms with Crippen LogP contribution in [0.5, 0.6) is 0 Å². The van der Waals surface area contributed by atoms with Crippen LogP contribution in [0.2, 0.25) is 0 Å². The molecule has 5 nitrogen and oxygen atoms in total. The molecule has 148 valence electrons. The monoisotopic (exact) mass is 386 g/mol. The molecule has 0 radical (unpaired) electrons. The van der Waals surface area contributed by atoms with E-state index in [9.17, 15) is 4.79 Å². The SMILES string of the molecule is Nc1ccc(-c2cnc(NC(=O)Cc3ccccc3)c(CC3CCCC3)n2)cc1. The number of carbonyl (C=O) groups excluding carboxylic acids is 1. The van der Waals surface area contributed by atoms with Crippen LogP contribution in [0.15, 0.2) is 60.8 Å². The van der Waals surface area contributed by atoms with Gasteiger partial charge in [-0.3, -0.25) is 4.79 Å². The maximum absolute atomic E-state index is 12.6. The lowest BCUT2D eigenvalue weighted by atomic mass is 10.0. The minimum atomic E-state index is -0.0709. The molecule has 0 spiro atoms. The molecule has 4 rings (SSSR count). The topological polar surface area (TPSA) is 80.9 Å². The summed E-state index contributed by atoms with van der Waals surface area (Å²) in [5.41, 5.74) is 10.1. The van der Waals surface area contributed by atoms with Crippen LogP contribution in [-0.4, -0.2) is 15.9 Å². The first kappa shape index (κ1) is 19.1. The van der Waals surface area contributed by atoms with Gasteiger partial charge in [0.15, 0.2) is 5.82 Å². The number of carbonyl (C=O) groups is 1. The maximum Gasteiger partial charge on any atom is 0.229 e. The zero-order chi connectivity index (χ0) is 20.1. The van der Waals surface area contributed by atoms with Crippen molar-refractivity contribution in [2.75, 3.05) is 11.1 Å². The summed E-state index contributed by atoms with van der Waals surface area (Å²) in [7, 11) is 0. The average Bonchev–Trinajstić information content (AvgIpc) is 3.24. The number of nitrogens with zero attached hydrogens (tertiary/aromatic N) is 2. The van der Waals surface area contributed by atoms with Gasteiger partial charge >= 0.3 is 0 Å². The minimum Gasteiger partial charge on any atom is -0.399 e. The Kier molecular flexibility index (Phi) is 5.84. The molecule has 1 heterocycles. The van der Waals surface area contributed by atoms with Crippen LogP contribution >= 0.6 is 0 Å². The number of anilines is 2. The molecule has 2 aromatic carbocycles. The van der Waals surface area contributed by atoms with Gasteiger partial charge in [0.2, 0.25) is 5.91 Å². The third-order valence-electron chi connectivity index (χ3n) is 5.47. The highest BCUT2D eigenvalue weighted by Gasteiger charge is 2.20. The molecule has 3 aromatic rings. The van der Waals surface area contributed by atoms with E-state index in [0.29, 0.717) is 18.2 Å². The molecule has 3 N–H and O–H groups in total. The number of nitrogen functional groups attached to an aromatic ring is 1. The average molecular weight is 386 g/mol. The smallest absolute Gasteiger partial charge is 0.229 e. The van der Waals surface area contributed by atoms with Crippen LogP contribution in [0.1, 0.15) is 36.9 Å². The minimum absolute atomic E-state index is 0.0709. The van der Waals surface area contributed by atoms with Crippen molar-refractivity contribution in [2.45, 2.75) is 38.5 Å². The van der Waals surface area contributed by atoms with Crippen LogP contribution in [0.3, 0.4) is 0 Å². The molecule has 1 amide bonds. The lowest BCUT2D eigenvalue weighted by Gasteiger charge is -2.14. The second-order valence-corrected chi connectivity index (χ2v) is 7.74. The van der Waals surface area contributed by atoms with Crippen LogP contribution in [0.25, 0.3) is 11.3 Å². The van der Waals surface area contributed by atoms with Crippen molar-refractivity contribution in [1.29, 1.82) is 0 Å². The van der Waals surface area contributed by atoms with E-state index in [4.69, 9.17) is 10.7 Å². The van der Waals surface area contributed by atoms with Gasteiger partial charge in [0.05, 0.1) is 24.0 Å². The number of nitrogens with one attached hydrogen (secondary N) is 1. The molecule has 1 aliphatic rings. The largest absolute Gasteiger partial charge is 0.399 e. The quantitative estimate of drug-likeness (QED) is 0.605. The Labute approximate surface area is 171 Å². The van der Waals surface area contributed by atoms with Crippen molar-refractivity contribution in [1.82, 2.24) is 9.97 Å². The predicted molar refractivity (Wildman–Crippen MR) is 116 cm³/mol. The van der Waals surface area contributed by atoms with Gasteiger partial charge in [-0.05, 0) is 30.0 Å². The Hall–Kier alpha value is -3.21. The third-order valence-corrected chi connectivity index (χ3v) is 5.47. The molecule has 5 heteroatoms. The Morgan fingerprint density at radius 3 is 2.48 bits per heavy atom. The van der Waals surface area contributed by atoms with E-state index in [1.165, 1.54) is 25.7 Å².